The summed E-state index contributed by atoms with van der Waals surface area (Å²) in [6, 6.07) is 6.61. The van der Waals surface area contributed by atoms with Crippen molar-refractivity contribution < 1.29 is 9.50 Å². The van der Waals surface area contributed by atoms with E-state index in [1.54, 1.807) is 22.9 Å². The number of fused-ring (bicyclic) bond motifs is 1. The van der Waals surface area contributed by atoms with Gasteiger partial charge < -0.3 is 5.11 Å². The van der Waals surface area contributed by atoms with Crippen molar-refractivity contribution in [2.45, 2.75) is 31.9 Å². The molecular weight excluding hydrogens is 233 g/mol. The van der Waals surface area contributed by atoms with Crippen molar-refractivity contribution in [3.63, 3.8) is 0 Å². The third-order valence-electron chi connectivity index (χ3n) is 3.20. The van der Waals surface area contributed by atoms with Gasteiger partial charge in [0.15, 0.2) is 11.6 Å². The molecule has 18 heavy (non-hydrogen) atoms. The van der Waals surface area contributed by atoms with Gasteiger partial charge in [-0.15, -0.1) is 0 Å². The molecule has 5 heteroatoms. The molecule has 0 fully saturated rings. The molecule has 1 atom stereocenters. The van der Waals surface area contributed by atoms with E-state index in [0.717, 1.165) is 19.4 Å². The van der Waals surface area contributed by atoms with Crippen LogP contribution < -0.4 is 0 Å². The zero-order chi connectivity index (χ0) is 12.5. The summed E-state index contributed by atoms with van der Waals surface area (Å²) in [4.78, 5) is 4.30. The second kappa shape index (κ2) is 4.49. The van der Waals surface area contributed by atoms with Crippen molar-refractivity contribution in [2.24, 2.45) is 0 Å². The fourth-order valence-corrected chi connectivity index (χ4v) is 2.26. The van der Waals surface area contributed by atoms with Gasteiger partial charge in [0.05, 0.1) is 0 Å². The highest BCUT2D eigenvalue weighted by Crippen LogP contribution is 2.23. The first kappa shape index (κ1) is 11.3. The summed E-state index contributed by atoms with van der Waals surface area (Å²) < 4.78 is 15.3. The number of halogens is 1. The van der Waals surface area contributed by atoms with E-state index < -0.39 is 6.10 Å². The molecule has 1 aliphatic rings. The predicted octanol–water partition coefficient (Wildman–Crippen LogP) is 1.84. The van der Waals surface area contributed by atoms with Crippen LogP contribution in [0.1, 0.15) is 36.2 Å². The van der Waals surface area contributed by atoms with E-state index in [1.807, 2.05) is 0 Å². The Labute approximate surface area is 104 Å². The van der Waals surface area contributed by atoms with E-state index in [1.165, 1.54) is 6.07 Å². The number of aryl methyl sites for hydroxylation is 1. The summed E-state index contributed by atoms with van der Waals surface area (Å²) in [7, 11) is 0. The third kappa shape index (κ3) is 2.01. The third-order valence-corrected chi connectivity index (χ3v) is 3.20. The fourth-order valence-electron chi connectivity index (χ4n) is 2.26. The monoisotopic (exact) mass is 247 g/mol. The summed E-state index contributed by atoms with van der Waals surface area (Å²) in [6.45, 7) is 0.774. The maximum absolute atomic E-state index is 13.5. The van der Waals surface area contributed by atoms with Gasteiger partial charge in [0.25, 0.3) is 0 Å². The normalized spacial score (nSPS) is 18.7. The largest absolute Gasteiger partial charge is 0.385 e. The number of hydrogen-bond donors (Lipinski definition) is 1. The van der Waals surface area contributed by atoms with Gasteiger partial charge in [0.2, 0.25) is 0 Å². The lowest BCUT2D eigenvalue weighted by molar-refractivity contribution is 0.130. The average molecular weight is 247 g/mol. The Balaban J connectivity index is 1.88. The van der Waals surface area contributed by atoms with Crippen LogP contribution in [0, 0.1) is 5.82 Å². The molecule has 1 unspecified atom stereocenters. The average Bonchev–Trinajstić information content (AvgIpc) is 2.76. The second-order valence-corrected chi connectivity index (χ2v) is 4.54. The summed E-state index contributed by atoms with van der Waals surface area (Å²) >= 11 is 0. The Morgan fingerprint density at radius 1 is 1.39 bits per heavy atom. The molecule has 4 nitrogen and oxygen atoms in total. The van der Waals surface area contributed by atoms with Gasteiger partial charge in [-0.1, -0.05) is 18.2 Å². The zero-order valence-electron chi connectivity index (χ0n) is 9.88. The number of aliphatic hydroxyl groups excluding tert-OH is 1. The maximum Gasteiger partial charge on any atom is 0.156 e. The topological polar surface area (TPSA) is 50.9 Å². The Bertz CT molecular complexity index is 567. The smallest absolute Gasteiger partial charge is 0.156 e. The van der Waals surface area contributed by atoms with Crippen molar-refractivity contribution in [1.29, 1.82) is 0 Å². The van der Waals surface area contributed by atoms with Gasteiger partial charge in [-0.05, 0) is 24.5 Å². The second-order valence-electron chi connectivity index (χ2n) is 4.54. The number of hydrogen-bond acceptors (Lipinski definition) is 3. The zero-order valence-corrected chi connectivity index (χ0v) is 9.88. The van der Waals surface area contributed by atoms with Crippen LogP contribution >= 0.6 is 0 Å². The molecule has 1 aromatic heterocycles. The maximum atomic E-state index is 13.5. The molecule has 2 heterocycles. The summed E-state index contributed by atoms with van der Waals surface area (Å²) in [5.41, 5.74) is 0.579. The standard InChI is InChI=1S/C13H14FN3O/c14-10-5-2-1-4-9(10)8-12-15-13-11(18)6-3-7-17(13)16-12/h1-2,4-5,11,18H,3,6-8H2. The minimum Gasteiger partial charge on any atom is -0.385 e. The molecule has 1 aliphatic heterocycles. The number of rotatable bonds is 2. The van der Waals surface area contributed by atoms with Crippen molar-refractivity contribution in [2.75, 3.05) is 0 Å². The Morgan fingerprint density at radius 3 is 3.00 bits per heavy atom. The van der Waals surface area contributed by atoms with E-state index >= 15 is 0 Å². The van der Waals surface area contributed by atoms with Crippen molar-refractivity contribution >= 4 is 0 Å². The van der Waals surface area contributed by atoms with Crippen LogP contribution in [0.25, 0.3) is 0 Å². The molecule has 0 radical (unpaired) electrons. The molecule has 0 aliphatic carbocycles. The van der Waals surface area contributed by atoms with E-state index in [2.05, 4.69) is 10.1 Å². The van der Waals surface area contributed by atoms with Crippen molar-refractivity contribution in [1.82, 2.24) is 14.8 Å². The van der Waals surface area contributed by atoms with Crippen LogP contribution in [0.2, 0.25) is 0 Å². The van der Waals surface area contributed by atoms with Gasteiger partial charge in [-0.25, -0.2) is 14.1 Å². The lowest BCUT2D eigenvalue weighted by Gasteiger charge is -2.16. The van der Waals surface area contributed by atoms with E-state index in [4.69, 9.17) is 0 Å². The number of benzene rings is 1. The minimum absolute atomic E-state index is 0.245. The molecular formula is C13H14FN3O. The highest BCUT2D eigenvalue weighted by molar-refractivity contribution is 5.21. The molecule has 1 N–H and O–H groups in total. The molecule has 94 valence electrons. The molecule has 0 amide bonds. The fraction of sp³-hybridized carbons (Fsp3) is 0.385. The lowest BCUT2D eigenvalue weighted by atomic mass is 10.1. The molecule has 3 rings (SSSR count). The first-order valence-electron chi connectivity index (χ1n) is 6.09. The Morgan fingerprint density at radius 2 is 2.22 bits per heavy atom. The van der Waals surface area contributed by atoms with Crippen molar-refractivity contribution in [3.8, 4) is 0 Å². The van der Waals surface area contributed by atoms with Gasteiger partial charge in [-0.2, -0.15) is 5.10 Å². The van der Waals surface area contributed by atoms with E-state index in [0.29, 0.717) is 23.6 Å². The lowest BCUT2D eigenvalue weighted by Crippen LogP contribution is -2.16. The van der Waals surface area contributed by atoms with Crippen LogP contribution in [-0.2, 0) is 13.0 Å². The van der Waals surface area contributed by atoms with Crippen LogP contribution in [0.5, 0.6) is 0 Å². The van der Waals surface area contributed by atoms with Crippen LogP contribution in [0.4, 0.5) is 4.39 Å². The number of nitrogens with zero attached hydrogens (tertiary/aromatic N) is 3. The Kier molecular flexibility index (Phi) is 2.83. The molecule has 0 bridgehead atoms. The van der Waals surface area contributed by atoms with Gasteiger partial charge in [-0.3, -0.25) is 0 Å². The van der Waals surface area contributed by atoms with Gasteiger partial charge in [0.1, 0.15) is 11.9 Å². The van der Waals surface area contributed by atoms with Gasteiger partial charge >= 0.3 is 0 Å². The highest BCUT2D eigenvalue weighted by atomic mass is 19.1. The molecule has 2 aromatic rings. The predicted molar refractivity (Wildman–Crippen MR) is 63.4 cm³/mol. The molecule has 1 aromatic carbocycles. The molecule has 0 saturated carbocycles. The minimum atomic E-state index is -0.541. The van der Waals surface area contributed by atoms with Gasteiger partial charge in [0, 0.05) is 13.0 Å². The SMILES string of the molecule is OC1CCCn2nc(Cc3ccccc3F)nc21. The molecule has 0 saturated heterocycles. The summed E-state index contributed by atoms with van der Waals surface area (Å²) in [5.74, 6) is 0.925. The van der Waals surface area contributed by atoms with Crippen molar-refractivity contribution in [3.05, 3.63) is 47.3 Å². The first-order valence-corrected chi connectivity index (χ1v) is 6.09. The van der Waals surface area contributed by atoms with Crippen LogP contribution in [0.15, 0.2) is 24.3 Å². The number of aliphatic hydroxyl groups is 1. The van der Waals surface area contributed by atoms with E-state index in [-0.39, 0.29) is 5.82 Å². The summed E-state index contributed by atoms with van der Waals surface area (Å²) in [6.07, 6.45) is 1.44. The Hall–Kier alpha value is -1.75. The highest BCUT2D eigenvalue weighted by Gasteiger charge is 2.22. The van der Waals surface area contributed by atoms with Crippen LogP contribution in [0.3, 0.4) is 0 Å². The summed E-state index contributed by atoms with van der Waals surface area (Å²) in [5, 5.41) is 14.1. The van der Waals surface area contributed by atoms with E-state index in [9.17, 15) is 9.50 Å². The first-order chi connectivity index (χ1) is 8.74. The van der Waals surface area contributed by atoms with Crippen LogP contribution in [-0.4, -0.2) is 19.9 Å². The number of aromatic nitrogens is 3. The quantitative estimate of drug-likeness (QED) is 0.881. The molecule has 0 spiro atoms.